The Morgan fingerprint density at radius 2 is 2.25 bits per heavy atom. The van der Waals surface area contributed by atoms with E-state index >= 15 is 0 Å². The van der Waals surface area contributed by atoms with Gasteiger partial charge in [0.25, 0.3) is 0 Å². The zero-order valence-electron chi connectivity index (χ0n) is 12.2. The lowest BCUT2D eigenvalue weighted by atomic mass is 10.0. The van der Waals surface area contributed by atoms with Crippen molar-refractivity contribution in [3.63, 3.8) is 0 Å². The van der Waals surface area contributed by atoms with Crippen molar-refractivity contribution < 1.29 is 4.42 Å². The first-order valence-corrected chi connectivity index (χ1v) is 7.74. The largest absolute Gasteiger partial charge is 0.459 e. The molecule has 20 heavy (non-hydrogen) atoms. The molecule has 3 nitrogen and oxygen atoms in total. The van der Waals surface area contributed by atoms with E-state index in [2.05, 4.69) is 24.0 Å². The van der Waals surface area contributed by atoms with Crippen molar-refractivity contribution in [2.45, 2.75) is 32.2 Å². The molecule has 1 aromatic carbocycles. The van der Waals surface area contributed by atoms with E-state index in [1.165, 1.54) is 24.6 Å². The molecule has 1 aliphatic heterocycles. The summed E-state index contributed by atoms with van der Waals surface area (Å²) in [4.78, 5) is 2.50. The normalized spacial score (nSPS) is 21.6. The van der Waals surface area contributed by atoms with Gasteiger partial charge in [0.05, 0.1) is 6.04 Å². The van der Waals surface area contributed by atoms with Gasteiger partial charge < -0.3 is 10.2 Å². The molecule has 1 aliphatic rings. The average Bonchev–Trinajstić information content (AvgIpc) is 3.07. The topological polar surface area (TPSA) is 42.4 Å². The first-order valence-electron chi connectivity index (χ1n) is 7.74. The second-order valence-electron chi connectivity index (χ2n) is 5.88. The van der Waals surface area contributed by atoms with Gasteiger partial charge in [-0.3, -0.25) is 4.90 Å². The summed E-state index contributed by atoms with van der Waals surface area (Å²) >= 11 is 0. The van der Waals surface area contributed by atoms with Gasteiger partial charge in [-0.1, -0.05) is 31.5 Å². The molecule has 0 bridgehead atoms. The fourth-order valence-corrected chi connectivity index (χ4v) is 3.40. The molecule has 1 fully saturated rings. The molecular formula is C17H24N2O. The van der Waals surface area contributed by atoms with Crippen LogP contribution >= 0.6 is 0 Å². The summed E-state index contributed by atoms with van der Waals surface area (Å²) in [5.41, 5.74) is 6.99. The highest BCUT2D eigenvalue weighted by atomic mass is 16.3. The minimum atomic E-state index is 0.226. The zero-order chi connectivity index (χ0) is 13.9. The maximum Gasteiger partial charge on any atom is 0.134 e. The number of benzene rings is 1. The Morgan fingerprint density at radius 3 is 3.00 bits per heavy atom. The SMILES string of the molecule is CCCC1CCN(C(CN)c2cc3ccccc3o2)C1. The van der Waals surface area contributed by atoms with Crippen LogP contribution in [0.4, 0.5) is 0 Å². The minimum absolute atomic E-state index is 0.226. The number of furan rings is 1. The van der Waals surface area contributed by atoms with Crippen molar-refractivity contribution in [1.82, 2.24) is 4.90 Å². The maximum atomic E-state index is 6.02. The number of hydrogen-bond acceptors (Lipinski definition) is 3. The predicted molar refractivity (Wildman–Crippen MR) is 82.6 cm³/mol. The molecule has 2 N–H and O–H groups in total. The van der Waals surface area contributed by atoms with Crippen LogP contribution in [-0.4, -0.2) is 24.5 Å². The molecular weight excluding hydrogens is 248 g/mol. The van der Waals surface area contributed by atoms with Gasteiger partial charge in [-0.25, -0.2) is 0 Å². The second kappa shape index (κ2) is 5.98. The summed E-state index contributed by atoms with van der Waals surface area (Å²) in [6.45, 7) is 5.19. The molecule has 0 saturated carbocycles. The molecule has 1 saturated heterocycles. The van der Waals surface area contributed by atoms with Gasteiger partial charge in [0.15, 0.2) is 0 Å². The van der Waals surface area contributed by atoms with Crippen molar-refractivity contribution >= 4 is 11.0 Å². The Morgan fingerprint density at radius 1 is 1.40 bits per heavy atom. The van der Waals surface area contributed by atoms with Crippen LogP contribution in [0.2, 0.25) is 0 Å². The molecule has 2 atom stereocenters. The van der Waals surface area contributed by atoms with Crippen LogP contribution in [0.3, 0.4) is 0 Å². The smallest absolute Gasteiger partial charge is 0.134 e. The molecule has 2 heterocycles. The van der Waals surface area contributed by atoms with Gasteiger partial charge in [-0.15, -0.1) is 0 Å². The van der Waals surface area contributed by atoms with Gasteiger partial charge in [-0.05, 0) is 37.4 Å². The number of hydrogen-bond donors (Lipinski definition) is 1. The number of fused-ring (bicyclic) bond motifs is 1. The van der Waals surface area contributed by atoms with E-state index in [1.807, 2.05) is 18.2 Å². The summed E-state index contributed by atoms with van der Waals surface area (Å²) in [7, 11) is 0. The Labute approximate surface area is 120 Å². The van der Waals surface area contributed by atoms with Crippen molar-refractivity contribution in [1.29, 1.82) is 0 Å². The average molecular weight is 272 g/mol. The number of para-hydroxylation sites is 1. The molecule has 0 amide bonds. The lowest BCUT2D eigenvalue weighted by Crippen LogP contribution is -2.31. The summed E-state index contributed by atoms with van der Waals surface area (Å²) < 4.78 is 6.01. The first kappa shape index (κ1) is 13.7. The van der Waals surface area contributed by atoms with Gasteiger partial charge >= 0.3 is 0 Å². The van der Waals surface area contributed by atoms with Crippen molar-refractivity contribution in [2.75, 3.05) is 19.6 Å². The van der Waals surface area contributed by atoms with E-state index in [4.69, 9.17) is 10.2 Å². The Bertz CT molecular complexity index is 530. The molecule has 2 unspecified atom stereocenters. The van der Waals surface area contributed by atoms with Crippen LogP contribution in [0.15, 0.2) is 34.7 Å². The van der Waals surface area contributed by atoms with Gasteiger partial charge in [0.2, 0.25) is 0 Å². The third kappa shape index (κ3) is 2.60. The molecule has 2 aromatic rings. The van der Waals surface area contributed by atoms with Crippen molar-refractivity contribution in [3.8, 4) is 0 Å². The molecule has 108 valence electrons. The molecule has 0 radical (unpaired) electrons. The fourth-order valence-electron chi connectivity index (χ4n) is 3.40. The second-order valence-corrected chi connectivity index (χ2v) is 5.88. The Hall–Kier alpha value is -1.32. The predicted octanol–water partition coefficient (Wildman–Crippen LogP) is 3.55. The number of nitrogens with two attached hydrogens (primary N) is 1. The molecule has 3 heteroatoms. The van der Waals surface area contributed by atoms with E-state index in [0.717, 1.165) is 30.4 Å². The zero-order valence-corrected chi connectivity index (χ0v) is 12.2. The highest BCUT2D eigenvalue weighted by Crippen LogP contribution is 2.32. The van der Waals surface area contributed by atoms with Gasteiger partial charge in [0.1, 0.15) is 11.3 Å². The number of rotatable bonds is 5. The molecule has 0 aliphatic carbocycles. The highest BCUT2D eigenvalue weighted by Gasteiger charge is 2.29. The molecule has 0 spiro atoms. The van der Waals surface area contributed by atoms with Crippen LogP contribution in [0.5, 0.6) is 0 Å². The first-order chi connectivity index (χ1) is 9.81. The monoisotopic (exact) mass is 272 g/mol. The third-order valence-corrected chi connectivity index (χ3v) is 4.45. The van der Waals surface area contributed by atoms with E-state index < -0.39 is 0 Å². The standard InChI is InChI=1S/C17H24N2O/c1-2-5-13-8-9-19(12-13)15(11-18)17-10-14-6-3-4-7-16(14)20-17/h3-4,6-7,10,13,15H,2,5,8-9,11-12,18H2,1H3. The summed E-state index contributed by atoms with van der Waals surface area (Å²) in [5.74, 6) is 1.85. The lowest BCUT2D eigenvalue weighted by Gasteiger charge is -2.24. The van der Waals surface area contributed by atoms with Crippen molar-refractivity contribution in [2.24, 2.45) is 11.7 Å². The molecule has 1 aromatic heterocycles. The fraction of sp³-hybridized carbons (Fsp3) is 0.529. The summed E-state index contributed by atoms with van der Waals surface area (Å²) in [5, 5.41) is 1.17. The Kier molecular flexibility index (Phi) is 4.08. The van der Waals surface area contributed by atoms with Crippen LogP contribution in [0.1, 0.15) is 38.0 Å². The van der Waals surface area contributed by atoms with Crippen LogP contribution in [-0.2, 0) is 0 Å². The van der Waals surface area contributed by atoms with E-state index in [1.54, 1.807) is 0 Å². The van der Waals surface area contributed by atoms with Gasteiger partial charge in [-0.2, -0.15) is 0 Å². The van der Waals surface area contributed by atoms with Crippen LogP contribution in [0.25, 0.3) is 11.0 Å². The van der Waals surface area contributed by atoms with Gasteiger partial charge in [0, 0.05) is 18.5 Å². The maximum absolute atomic E-state index is 6.02. The van der Waals surface area contributed by atoms with E-state index in [-0.39, 0.29) is 6.04 Å². The third-order valence-electron chi connectivity index (χ3n) is 4.45. The molecule has 3 rings (SSSR count). The minimum Gasteiger partial charge on any atom is -0.459 e. The summed E-state index contributed by atoms with van der Waals surface area (Å²) in [6.07, 6.45) is 3.90. The van der Waals surface area contributed by atoms with E-state index in [0.29, 0.717) is 6.54 Å². The quantitative estimate of drug-likeness (QED) is 0.905. The van der Waals surface area contributed by atoms with Crippen LogP contribution in [0, 0.1) is 5.92 Å². The summed E-state index contributed by atoms with van der Waals surface area (Å²) in [6, 6.07) is 10.6. The number of nitrogens with zero attached hydrogens (tertiary/aromatic N) is 1. The Balaban J connectivity index is 1.79. The highest BCUT2D eigenvalue weighted by molar-refractivity contribution is 5.77. The van der Waals surface area contributed by atoms with Crippen molar-refractivity contribution in [3.05, 3.63) is 36.1 Å². The van der Waals surface area contributed by atoms with Crippen LogP contribution < -0.4 is 5.73 Å². The van der Waals surface area contributed by atoms with E-state index in [9.17, 15) is 0 Å². The number of likely N-dealkylation sites (tertiary alicyclic amines) is 1. The lowest BCUT2D eigenvalue weighted by molar-refractivity contribution is 0.214.